The van der Waals surface area contributed by atoms with Gasteiger partial charge in [-0.3, -0.25) is 0 Å². The van der Waals surface area contributed by atoms with Crippen LogP contribution < -0.4 is 5.32 Å². The lowest BCUT2D eigenvalue weighted by Gasteiger charge is -2.32. The minimum absolute atomic E-state index is 0.0942. The van der Waals surface area contributed by atoms with Crippen molar-refractivity contribution < 1.29 is 9.53 Å². The lowest BCUT2D eigenvalue weighted by molar-refractivity contribution is 0.0464. The van der Waals surface area contributed by atoms with Crippen LogP contribution in [0.2, 0.25) is 0 Å². The van der Waals surface area contributed by atoms with Crippen LogP contribution in [0.1, 0.15) is 54.9 Å². The zero-order chi connectivity index (χ0) is 12.3. The average Bonchev–Trinajstić information content (AvgIpc) is 2.00. The molecule has 0 bridgehead atoms. The van der Waals surface area contributed by atoms with Crippen LogP contribution in [-0.2, 0) is 4.74 Å². The van der Waals surface area contributed by atoms with Crippen molar-refractivity contribution in [2.75, 3.05) is 0 Å². The first-order chi connectivity index (χ1) is 6.58. The maximum atomic E-state index is 11.5. The first-order valence-corrected chi connectivity index (χ1v) is 5.58. The molecule has 0 aliphatic rings. The summed E-state index contributed by atoms with van der Waals surface area (Å²) < 4.78 is 5.20. The number of alkyl carbamates (subject to hydrolysis) is 1. The van der Waals surface area contributed by atoms with Gasteiger partial charge in [-0.1, -0.05) is 20.8 Å². The van der Waals surface area contributed by atoms with Gasteiger partial charge in [0.05, 0.1) is 0 Å². The normalized spacial score (nSPS) is 14.6. The van der Waals surface area contributed by atoms with Crippen molar-refractivity contribution in [3.8, 4) is 0 Å². The predicted octanol–water partition coefficient (Wildman–Crippen LogP) is 3.34. The summed E-state index contributed by atoms with van der Waals surface area (Å²) in [5, 5.41) is 2.87. The van der Waals surface area contributed by atoms with E-state index in [9.17, 15) is 4.79 Å². The van der Waals surface area contributed by atoms with E-state index in [0.29, 0.717) is 0 Å². The second-order valence-corrected chi connectivity index (χ2v) is 5.71. The van der Waals surface area contributed by atoms with Crippen LogP contribution >= 0.6 is 0 Å². The number of rotatable bonds is 3. The molecule has 0 fully saturated rings. The smallest absolute Gasteiger partial charge is 0.407 e. The van der Waals surface area contributed by atoms with Crippen molar-refractivity contribution in [1.29, 1.82) is 0 Å². The van der Waals surface area contributed by atoms with Gasteiger partial charge in [-0.25, -0.2) is 4.79 Å². The van der Waals surface area contributed by atoms with E-state index in [2.05, 4.69) is 26.1 Å². The highest BCUT2D eigenvalue weighted by Gasteiger charge is 2.26. The number of carbonyl (C=O) groups excluding carboxylic acids is 1. The summed E-state index contributed by atoms with van der Waals surface area (Å²) in [7, 11) is 0. The topological polar surface area (TPSA) is 38.3 Å². The van der Waals surface area contributed by atoms with Crippen LogP contribution in [0.4, 0.5) is 4.79 Å². The van der Waals surface area contributed by atoms with E-state index >= 15 is 0 Å². The molecule has 1 atom stereocenters. The predicted molar refractivity (Wildman–Crippen MR) is 62.9 cm³/mol. The fraction of sp³-hybridized carbons (Fsp3) is 0.917. The van der Waals surface area contributed by atoms with E-state index in [1.54, 1.807) is 0 Å². The van der Waals surface area contributed by atoms with Crippen molar-refractivity contribution in [3.63, 3.8) is 0 Å². The Kier molecular flexibility index (Phi) is 4.63. The minimum Gasteiger partial charge on any atom is -0.444 e. The Labute approximate surface area is 93.6 Å². The van der Waals surface area contributed by atoms with Gasteiger partial charge in [-0.2, -0.15) is 0 Å². The standard InChI is InChI=1S/C12H25NO2/c1-8-12(6,7)9(2)13-10(14)15-11(3,4)5/h9H,8H2,1-7H3,(H,13,14). The molecule has 0 aliphatic carbocycles. The van der Waals surface area contributed by atoms with Gasteiger partial charge in [0.25, 0.3) is 0 Å². The molecule has 0 aliphatic heterocycles. The lowest BCUT2D eigenvalue weighted by atomic mass is 9.83. The van der Waals surface area contributed by atoms with Crippen molar-refractivity contribution in [2.45, 2.75) is 66.5 Å². The highest BCUT2D eigenvalue weighted by atomic mass is 16.6. The van der Waals surface area contributed by atoms with Crippen LogP contribution in [-0.4, -0.2) is 17.7 Å². The van der Waals surface area contributed by atoms with Gasteiger partial charge in [0.2, 0.25) is 0 Å². The number of amides is 1. The Balaban J connectivity index is 4.20. The summed E-state index contributed by atoms with van der Waals surface area (Å²) in [6, 6.07) is 0.109. The summed E-state index contributed by atoms with van der Waals surface area (Å²) in [6.07, 6.45) is 0.681. The van der Waals surface area contributed by atoms with E-state index in [-0.39, 0.29) is 17.6 Å². The molecule has 90 valence electrons. The molecule has 0 aromatic carbocycles. The SMILES string of the molecule is CCC(C)(C)C(C)NC(=O)OC(C)(C)C. The first-order valence-electron chi connectivity index (χ1n) is 5.58. The molecule has 0 radical (unpaired) electrons. The maximum Gasteiger partial charge on any atom is 0.407 e. The first kappa shape index (κ1) is 14.3. The Morgan fingerprint density at radius 3 is 2.07 bits per heavy atom. The molecule has 0 rings (SSSR count). The lowest BCUT2D eigenvalue weighted by Crippen LogP contribution is -2.44. The summed E-state index contributed by atoms with van der Waals surface area (Å²) >= 11 is 0. The van der Waals surface area contributed by atoms with Crippen molar-refractivity contribution in [2.24, 2.45) is 5.41 Å². The summed E-state index contributed by atoms with van der Waals surface area (Å²) in [6.45, 7) is 14.0. The maximum absolute atomic E-state index is 11.5. The third-order valence-corrected chi connectivity index (χ3v) is 2.82. The Morgan fingerprint density at radius 1 is 1.27 bits per heavy atom. The van der Waals surface area contributed by atoms with Crippen LogP contribution in [0.5, 0.6) is 0 Å². The van der Waals surface area contributed by atoms with Crippen LogP contribution in [0, 0.1) is 5.41 Å². The third-order valence-electron chi connectivity index (χ3n) is 2.82. The molecule has 1 unspecified atom stereocenters. The highest BCUT2D eigenvalue weighted by Crippen LogP contribution is 2.24. The molecule has 0 aromatic rings. The second-order valence-electron chi connectivity index (χ2n) is 5.71. The molecule has 1 N–H and O–H groups in total. The molecule has 1 amide bonds. The molecule has 0 heterocycles. The van der Waals surface area contributed by atoms with Gasteiger partial charge in [-0.05, 0) is 39.5 Å². The van der Waals surface area contributed by atoms with Gasteiger partial charge in [0, 0.05) is 6.04 Å². The zero-order valence-corrected chi connectivity index (χ0v) is 11.1. The molecule has 0 saturated heterocycles. The third kappa shape index (κ3) is 5.65. The fourth-order valence-corrected chi connectivity index (χ4v) is 0.986. The number of hydrogen-bond donors (Lipinski definition) is 1. The van der Waals surface area contributed by atoms with Gasteiger partial charge in [0.1, 0.15) is 5.60 Å². The molecule has 0 aromatic heterocycles. The fourth-order valence-electron chi connectivity index (χ4n) is 0.986. The van der Waals surface area contributed by atoms with E-state index in [1.807, 2.05) is 27.7 Å². The quantitative estimate of drug-likeness (QED) is 0.784. The molecule has 0 spiro atoms. The number of carbonyl (C=O) groups is 1. The van der Waals surface area contributed by atoms with E-state index in [0.717, 1.165) is 6.42 Å². The highest BCUT2D eigenvalue weighted by molar-refractivity contribution is 5.68. The van der Waals surface area contributed by atoms with E-state index < -0.39 is 5.60 Å². The molecular weight excluding hydrogens is 190 g/mol. The van der Waals surface area contributed by atoms with E-state index in [4.69, 9.17) is 4.74 Å². The molecule has 3 nitrogen and oxygen atoms in total. The summed E-state index contributed by atoms with van der Waals surface area (Å²) in [4.78, 5) is 11.5. The Morgan fingerprint density at radius 2 is 1.73 bits per heavy atom. The largest absolute Gasteiger partial charge is 0.444 e. The molecule has 0 saturated carbocycles. The number of nitrogens with one attached hydrogen (secondary N) is 1. The van der Waals surface area contributed by atoms with Crippen molar-refractivity contribution in [3.05, 3.63) is 0 Å². The minimum atomic E-state index is -0.430. The zero-order valence-electron chi connectivity index (χ0n) is 11.1. The Hall–Kier alpha value is -0.730. The van der Waals surface area contributed by atoms with E-state index in [1.165, 1.54) is 0 Å². The molecule has 15 heavy (non-hydrogen) atoms. The van der Waals surface area contributed by atoms with Gasteiger partial charge >= 0.3 is 6.09 Å². The average molecular weight is 215 g/mol. The van der Waals surface area contributed by atoms with Crippen LogP contribution in [0.25, 0.3) is 0 Å². The van der Waals surface area contributed by atoms with Gasteiger partial charge in [0.15, 0.2) is 0 Å². The van der Waals surface area contributed by atoms with Crippen LogP contribution in [0.3, 0.4) is 0 Å². The number of ether oxygens (including phenoxy) is 1. The number of hydrogen-bond acceptors (Lipinski definition) is 2. The Bertz CT molecular complexity index is 216. The van der Waals surface area contributed by atoms with Crippen molar-refractivity contribution >= 4 is 6.09 Å². The second kappa shape index (κ2) is 4.86. The monoisotopic (exact) mass is 215 g/mol. The molecule has 3 heteroatoms. The van der Waals surface area contributed by atoms with Crippen LogP contribution in [0.15, 0.2) is 0 Å². The van der Waals surface area contributed by atoms with Gasteiger partial charge in [-0.15, -0.1) is 0 Å². The summed E-state index contributed by atoms with van der Waals surface area (Å²) in [5.74, 6) is 0. The molecular formula is C12H25NO2. The van der Waals surface area contributed by atoms with Gasteiger partial charge < -0.3 is 10.1 Å². The van der Waals surface area contributed by atoms with Crippen molar-refractivity contribution in [1.82, 2.24) is 5.32 Å². The summed E-state index contributed by atoms with van der Waals surface area (Å²) in [5.41, 5.74) is -0.336.